The van der Waals surface area contributed by atoms with E-state index in [1.165, 1.54) is 0 Å². The Bertz CT molecular complexity index is 385. The van der Waals surface area contributed by atoms with Crippen LogP contribution in [0.25, 0.3) is 0 Å². The molecule has 0 saturated heterocycles. The lowest BCUT2D eigenvalue weighted by atomic mass is 10.1. The molecule has 82 valence electrons. The molecule has 6 heteroatoms. The van der Waals surface area contributed by atoms with E-state index in [2.05, 4.69) is 21.1 Å². The summed E-state index contributed by atoms with van der Waals surface area (Å²) in [5, 5.41) is 3.65. The van der Waals surface area contributed by atoms with Crippen molar-refractivity contribution in [1.82, 2.24) is 5.16 Å². The number of esters is 1. The van der Waals surface area contributed by atoms with Crippen molar-refractivity contribution in [2.24, 2.45) is 0 Å². The Hall–Kier alpha value is -1.17. The third kappa shape index (κ3) is 2.44. The van der Waals surface area contributed by atoms with Crippen molar-refractivity contribution in [3.8, 4) is 0 Å². The quantitative estimate of drug-likeness (QED) is 0.476. The minimum Gasteiger partial charge on any atom is -0.462 e. The number of halogens is 1. The van der Waals surface area contributed by atoms with Crippen LogP contribution in [-0.2, 0) is 4.74 Å². The number of hydrogen-bond donors (Lipinski definition) is 0. The van der Waals surface area contributed by atoms with Gasteiger partial charge in [-0.1, -0.05) is 21.1 Å². The van der Waals surface area contributed by atoms with Gasteiger partial charge in [-0.25, -0.2) is 4.79 Å². The number of rotatable bonds is 4. The Morgan fingerprint density at radius 3 is 2.73 bits per heavy atom. The number of carbonyl (C=O) groups excluding carboxylic acids is 2. The normalized spacial score (nSPS) is 10.1. The van der Waals surface area contributed by atoms with Gasteiger partial charge >= 0.3 is 5.97 Å². The third-order valence-electron chi connectivity index (χ3n) is 1.72. The number of aromatic nitrogens is 1. The van der Waals surface area contributed by atoms with Crippen LogP contribution in [0, 0.1) is 6.92 Å². The van der Waals surface area contributed by atoms with E-state index in [0.29, 0.717) is 5.69 Å². The van der Waals surface area contributed by atoms with Crippen LogP contribution in [0.4, 0.5) is 0 Å². The second-order valence-electron chi connectivity index (χ2n) is 2.75. The monoisotopic (exact) mass is 275 g/mol. The lowest BCUT2D eigenvalue weighted by molar-refractivity contribution is 0.0521. The van der Waals surface area contributed by atoms with Gasteiger partial charge in [-0.05, 0) is 13.8 Å². The lowest BCUT2D eigenvalue weighted by Crippen LogP contribution is -2.11. The Morgan fingerprint density at radius 1 is 1.53 bits per heavy atom. The second kappa shape index (κ2) is 5.06. The van der Waals surface area contributed by atoms with Crippen LogP contribution < -0.4 is 0 Å². The van der Waals surface area contributed by atoms with Gasteiger partial charge in [0, 0.05) is 0 Å². The number of hydrogen-bond acceptors (Lipinski definition) is 5. The highest BCUT2D eigenvalue weighted by molar-refractivity contribution is 9.09. The number of carbonyl (C=O) groups is 2. The molecule has 0 aliphatic carbocycles. The maximum absolute atomic E-state index is 11.5. The van der Waals surface area contributed by atoms with Crippen molar-refractivity contribution < 1.29 is 18.8 Å². The van der Waals surface area contributed by atoms with Crippen molar-refractivity contribution in [2.45, 2.75) is 13.8 Å². The smallest absolute Gasteiger partial charge is 0.344 e. The SMILES string of the molecule is CCOC(=O)c1c(C)noc1C(=O)CBr. The van der Waals surface area contributed by atoms with Gasteiger partial charge in [0.2, 0.25) is 11.5 Å². The Morgan fingerprint density at radius 2 is 2.20 bits per heavy atom. The molecule has 15 heavy (non-hydrogen) atoms. The van der Waals surface area contributed by atoms with E-state index in [4.69, 9.17) is 9.26 Å². The molecule has 0 N–H and O–H groups in total. The maximum Gasteiger partial charge on any atom is 0.344 e. The summed E-state index contributed by atoms with van der Waals surface area (Å²) < 4.78 is 9.58. The largest absolute Gasteiger partial charge is 0.462 e. The Kier molecular flexibility index (Phi) is 4.02. The van der Waals surface area contributed by atoms with Crippen molar-refractivity contribution in [1.29, 1.82) is 0 Å². The molecule has 0 saturated carbocycles. The molecule has 1 heterocycles. The number of nitrogens with zero attached hydrogens (tertiary/aromatic N) is 1. The summed E-state index contributed by atoms with van der Waals surface area (Å²) in [6, 6.07) is 0. The molecule has 1 aromatic rings. The van der Waals surface area contributed by atoms with Crippen molar-refractivity contribution in [3.05, 3.63) is 17.0 Å². The van der Waals surface area contributed by atoms with E-state index >= 15 is 0 Å². The minimum atomic E-state index is -0.583. The summed E-state index contributed by atoms with van der Waals surface area (Å²) in [4.78, 5) is 22.8. The van der Waals surface area contributed by atoms with Gasteiger partial charge in [-0.2, -0.15) is 0 Å². The number of aryl methyl sites for hydroxylation is 1. The number of alkyl halides is 1. The average Bonchev–Trinajstić information content (AvgIpc) is 2.59. The predicted molar refractivity (Wildman–Crippen MR) is 55.3 cm³/mol. The van der Waals surface area contributed by atoms with Crippen LogP contribution in [0.2, 0.25) is 0 Å². The number of ketones is 1. The molecule has 5 nitrogen and oxygen atoms in total. The lowest BCUT2D eigenvalue weighted by Gasteiger charge is -2.00. The maximum atomic E-state index is 11.5. The molecule has 0 unspecified atom stereocenters. The van der Waals surface area contributed by atoms with E-state index in [1.54, 1.807) is 13.8 Å². The zero-order chi connectivity index (χ0) is 11.4. The first-order chi connectivity index (χ1) is 7.11. The summed E-state index contributed by atoms with van der Waals surface area (Å²) in [5.41, 5.74) is 0.471. The van der Waals surface area contributed by atoms with Gasteiger partial charge in [0.05, 0.1) is 17.6 Å². The van der Waals surface area contributed by atoms with E-state index in [-0.39, 0.29) is 29.0 Å². The van der Waals surface area contributed by atoms with E-state index in [9.17, 15) is 9.59 Å². The summed E-state index contributed by atoms with van der Waals surface area (Å²) >= 11 is 2.99. The number of Topliss-reactive ketones (excluding diaryl/α,β-unsaturated/α-hetero) is 1. The van der Waals surface area contributed by atoms with Crippen LogP contribution in [0.15, 0.2) is 4.52 Å². The van der Waals surface area contributed by atoms with Crippen molar-refractivity contribution in [3.63, 3.8) is 0 Å². The molecule has 0 aliphatic heterocycles. The molecular weight excluding hydrogens is 266 g/mol. The molecule has 1 rings (SSSR count). The summed E-state index contributed by atoms with van der Waals surface area (Å²) in [7, 11) is 0. The van der Waals surface area contributed by atoms with Crippen LogP contribution in [0.5, 0.6) is 0 Å². The Labute approximate surface area is 94.9 Å². The van der Waals surface area contributed by atoms with Gasteiger partial charge in [-0.3, -0.25) is 4.79 Å². The fourth-order valence-corrected chi connectivity index (χ4v) is 1.32. The molecule has 0 radical (unpaired) electrons. The zero-order valence-electron chi connectivity index (χ0n) is 8.37. The highest BCUT2D eigenvalue weighted by Crippen LogP contribution is 2.16. The third-order valence-corrected chi connectivity index (χ3v) is 2.23. The fraction of sp³-hybridized carbons (Fsp3) is 0.444. The van der Waals surface area contributed by atoms with Gasteiger partial charge in [0.25, 0.3) is 0 Å². The van der Waals surface area contributed by atoms with E-state index in [1.807, 2.05) is 0 Å². The topological polar surface area (TPSA) is 69.4 Å². The zero-order valence-corrected chi connectivity index (χ0v) is 9.96. The molecule has 0 bridgehead atoms. The summed E-state index contributed by atoms with van der Waals surface area (Å²) in [5.74, 6) is -0.970. The van der Waals surface area contributed by atoms with Crippen LogP contribution in [-0.4, -0.2) is 28.8 Å². The first-order valence-electron chi connectivity index (χ1n) is 4.34. The van der Waals surface area contributed by atoms with Crippen molar-refractivity contribution in [2.75, 3.05) is 11.9 Å². The molecule has 0 spiro atoms. The molecule has 0 atom stereocenters. The molecule has 0 aliphatic rings. The van der Waals surface area contributed by atoms with Gasteiger partial charge in [-0.15, -0.1) is 0 Å². The molecule has 0 aromatic carbocycles. The first kappa shape index (κ1) is 11.9. The molecule has 1 aromatic heterocycles. The van der Waals surface area contributed by atoms with E-state index in [0.717, 1.165) is 0 Å². The Balaban J connectivity index is 3.09. The van der Waals surface area contributed by atoms with Crippen molar-refractivity contribution >= 4 is 27.7 Å². The van der Waals surface area contributed by atoms with E-state index < -0.39 is 5.97 Å². The standard InChI is InChI=1S/C9H10BrNO4/c1-3-14-9(13)7-5(2)11-15-8(7)6(12)4-10/h3-4H2,1-2H3. The first-order valence-corrected chi connectivity index (χ1v) is 5.46. The van der Waals surface area contributed by atoms with Gasteiger partial charge in [0.15, 0.2) is 0 Å². The van der Waals surface area contributed by atoms with Crippen LogP contribution in [0.1, 0.15) is 33.5 Å². The van der Waals surface area contributed by atoms with Gasteiger partial charge in [0.1, 0.15) is 5.56 Å². The fourth-order valence-electron chi connectivity index (χ4n) is 1.06. The average molecular weight is 276 g/mol. The van der Waals surface area contributed by atoms with Gasteiger partial charge < -0.3 is 9.26 Å². The second-order valence-corrected chi connectivity index (χ2v) is 3.31. The molecular formula is C9H10BrNO4. The number of ether oxygens (including phenoxy) is 1. The van der Waals surface area contributed by atoms with Crippen LogP contribution in [0.3, 0.4) is 0 Å². The molecule has 0 fully saturated rings. The van der Waals surface area contributed by atoms with Crippen LogP contribution >= 0.6 is 15.9 Å². The summed E-state index contributed by atoms with van der Waals surface area (Å²) in [6.07, 6.45) is 0. The predicted octanol–water partition coefficient (Wildman–Crippen LogP) is 1.74. The summed E-state index contributed by atoms with van der Waals surface area (Å²) in [6.45, 7) is 3.51. The minimum absolute atomic E-state index is 0.0529. The highest BCUT2D eigenvalue weighted by Gasteiger charge is 2.25. The highest BCUT2D eigenvalue weighted by atomic mass is 79.9. The molecule has 0 amide bonds.